The smallest absolute Gasteiger partial charge is 0.255 e. The standard InChI is InChI=1S/C31H34N2O4/c1-4-37-24-14-15-27-25(19-24)31(16-8-5-9-17-31)30(35)33(27)20-23-13-12-22(18-28(23)36-3)29(34)32-26-11-7-6-10-21(26)2/h6-7,10-15,18-19H,4-5,8-9,16-17,20H2,1-3H3,(H,32,34). The highest BCUT2D eigenvalue weighted by molar-refractivity contribution is 6.08. The normalized spacial score (nSPS) is 16.0. The molecule has 0 atom stereocenters. The second-order valence-corrected chi connectivity index (χ2v) is 9.94. The third-order valence-corrected chi connectivity index (χ3v) is 7.72. The fraction of sp³-hybridized carbons (Fsp3) is 0.355. The summed E-state index contributed by atoms with van der Waals surface area (Å²) in [5.74, 6) is 1.34. The van der Waals surface area contributed by atoms with Crippen molar-refractivity contribution in [3.05, 3.63) is 82.9 Å². The van der Waals surface area contributed by atoms with E-state index in [0.29, 0.717) is 24.5 Å². The number of rotatable bonds is 7. The van der Waals surface area contributed by atoms with Gasteiger partial charge in [-0.15, -0.1) is 0 Å². The predicted octanol–water partition coefficient (Wildman–Crippen LogP) is 6.40. The van der Waals surface area contributed by atoms with Gasteiger partial charge < -0.3 is 19.7 Å². The molecule has 2 amide bonds. The van der Waals surface area contributed by atoms with Crippen molar-refractivity contribution < 1.29 is 19.1 Å². The monoisotopic (exact) mass is 498 g/mol. The number of nitrogens with zero attached hydrogens (tertiary/aromatic N) is 1. The first kappa shape index (κ1) is 24.9. The summed E-state index contributed by atoms with van der Waals surface area (Å²) in [6.45, 7) is 4.90. The molecule has 1 heterocycles. The Morgan fingerprint density at radius 2 is 1.81 bits per heavy atom. The number of carbonyl (C=O) groups excluding carboxylic acids is 2. The first-order chi connectivity index (χ1) is 18.0. The van der Waals surface area contributed by atoms with E-state index in [4.69, 9.17) is 9.47 Å². The topological polar surface area (TPSA) is 67.9 Å². The van der Waals surface area contributed by atoms with Crippen molar-refractivity contribution in [2.75, 3.05) is 23.9 Å². The number of aryl methyl sites for hydroxylation is 1. The number of para-hydroxylation sites is 1. The first-order valence-electron chi connectivity index (χ1n) is 13.1. The lowest BCUT2D eigenvalue weighted by molar-refractivity contribution is -0.124. The van der Waals surface area contributed by atoms with Gasteiger partial charge in [0, 0.05) is 22.5 Å². The van der Waals surface area contributed by atoms with Crippen LogP contribution in [0, 0.1) is 6.92 Å². The van der Waals surface area contributed by atoms with Crippen LogP contribution < -0.4 is 19.7 Å². The molecule has 3 aromatic rings. The fourth-order valence-electron chi connectivity index (χ4n) is 5.76. The average Bonchev–Trinajstić information content (AvgIpc) is 3.13. The zero-order valence-corrected chi connectivity index (χ0v) is 21.8. The van der Waals surface area contributed by atoms with Gasteiger partial charge >= 0.3 is 0 Å². The Kier molecular flexibility index (Phi) is 6.92. The van der Waals surface area contributed by atoms with Crippen LogP contribution in [-0.2, 0) is 16.8 Å². The predicted molar refractivity (Wildman–Crippen MR) is 146 cm³/mol. The van der Waals surface area contributed by atoms with Crippen LogP contribution in [0.25, 0.3) is 0 Å². The molecule has 0 radical (unpaired) electrons. The number of benzene rings is 3. The van der Waals surface area contributed by atoms with Crippen molar-refractivity contribution in [1.82, 2.24) is 0 Å². The van der Waals surface area contributed by atoms with Crippen LogP contribution in [0.3, 0.4) is 0 Å². The number of hydrogen-bond donors (Lipinski definition) is 1. The summed E-state index contributed by atoms with van der Waals surface area (Å²) in [6, 6.07) is 19.1. The summed E-state index contributed by atoms with van der Waals surface area (Å²) >= 11 is 0. The summed E-state index contributed by atoms with van der Waals surface area (Å²) in [6.07, 6.45) is 4.98. The molecule has 0 bridgehead atoms. The minimum Gasteiger partial charge on any atom is -0.496 e. The molecule has 1 saturated carbocycles. The molecule has 0 saturated heterocycles. The number of amides is 2. The third-order valence-electron chi connectivity index (χ3n) is 7.72. The fourth-order valence-corrected chi connectivity index (χ4v) is 5.76. The van der Waals surface area contributed by atoms with Crippen LogP contribution in [0.1, 0.15) is 66.1 Å². The lowest BCUT2D eigenvalue weighted by atomic mass is 9.70. The molecule has 1 fully saturated rings. The summed E-state index contributed by atoms with van der Waals surface area (Å²) < 4.78 is 11.5. The highest BCUT2D eigenvalue weighted by Crippen LogP contribution is 2.51. The largest absolute Gasteiger partial charge is 0.496 e. The summed E-state index contributed by atoms with van der Waals surface area (Å²) in [5.41, 5.74) is 4.67. The second-order valence-electron chi connectivity index (χ2n) is 9.94. The molecular weight excluding hydrogens is 464 g/mol. The van der Waals surface area contributed by atoms with Gasteiger partial charge in [0.05, 0.1) is 25.7 Å². The number of carbonyl (C=O) groups is 2. The van der Waals surface area contributed by atoms with Gasteiger partial charge in [-0.1, -0.05) is 43.5 Å². The summed E-state index contributed by atoms with van der Waals surface area (Å²) in [7, 11) is 1.60. The molecule has 5 rings (SSSR count). The number of ether oxygens (including phenoxy) is 2. The molecule has 0 unspecified atom stereocenters. The molecule has 3 aromatic carbocycles. The van der Waals surface area contributed by atoms with Crippen molar-refractivity contribution in [2.45, 2.75) is 57.9 Å². The Morgan fingerprint density at radius 1 is 1.03 bits per heavy atom. The van der Waals surface area contributed by atoms with Crippen LogP contribution in [0.2, 0.25) is 0 Å². The maximum atomic E-state index is 14.0. The molecule has 6 nitrogen and oxygen atoms in total. The summed E-state index contributed by atoms with van der Waals surface area (Å²) in [4.78, 5) is 28.8. The van der Waals surface area contributed by atoms with Crippen molar-refractivity contribution in [2.24, 2.45) is 0 Å². The van der Waals surface area contributed by atoms with Crippen LogP contribution in [-0.4, -0.2) is 25.5 Å². The van der Waals surface area contributed by atoms with Crippen LogP contribution in [0.15, 0.2) is 60.7 Å². The average molecular weight is 499 g/mol. The highest BCUT2D eigenvalue weighted by atomic mass is 16.5. The van der Waals surface area contributed by atoms with E-state index < -0.39 is 5.41 Å². The van der Waals surface area contributed by atoms with Gasteiger partial charge in [0.1, 0.15) is 11.5 Å². The van der Waals surface area contributed by atoms with Gasteiger partial charge in [-0.2, -0.15) is 0 Å². The van der Waals surface area contributed by atoms with Gasteiger partial charge in [-0.3, -0.25) is 9.59 Å². The van der Waals surface area contributed by atoms with Crippen molar-refractivity contribution in [3.8, 4) is 11.5 Å². The third kappa shape index (κ3) is 4.57. The van der Waals surface area contributed by atoms with E-state index in [0.717, 1.165) is 65.9 Å². The van der Waals surface area contributed by atoms with Crippen molar-refractivity contribution in [1.29, 1.82) is 0 Å². The summed E-state index contributed by atoms with van der Waals surface area (Å²) in [5, 5.41) is 2.97. The number of anilines is 2. The Morgan fingerprint density at radius 3 is 2.54 bits per heavy atom. The maximum absolute atomic E-state index is 14.0. The van der Waals surface area contributed by atoms with Gasteiger partial charge in [-0.05, 0) is 74.2 Å². The van der Waals surface area contributed by atoms with Crippen LogP contribution in [0.5, 0.6) is 11.5 Å². The second kappa shape index (κ2) is 10.3. The molecule has 192 valence electrons. The van der Waals surface area contributed by atoms with Gasteiger partial charge in [0.25, 0.3) is 5.91 Å². The molecular formula is C31H34N2O4. The SMILES string of the molecule is CCOc1ccc2c(c1)C1(CCCCC1)C(=O)N2Cc1ccc(C(=O)Nc2ccccc2C)cc1OC. The zero-order chi connectivity index (χ0) is 26.0. The Bertz CT molecular complexity index is 1330. The van der Waals surface area contributed by atoms with Crippen molar-refractivity contribution in [3.63, 3.8) is 0 Å². The molecule has 1 aliphatic heterocycles. The van der Waals surface area contributed by atoms with E-state index in [1.165, 1.54) is 0 Å². The van der Waals surface area contributed by atoms with Crippen LogP contribution >= 0.6 is 0 Å². The van der Waals surface area contributed by atoms with E-state index >= 15 is 0 Å². The Labute approximate surface area is 218 Å². The minimum atomic E-state index is -0.485. The van der Waals surface area contributed by atoms with Crippen molar-refractivity contribution >= 4 is 23.2 Å². The molecule has 1 spiro atoms. The minimum absolute atomic E-state index is 0.152. The number of nitrogens with one attached hydrogen (secondary N) is 1. The quantitative estimate of drug-likeness (QED) is 0.409. The van der Waals surface area contributed by atoms with Crippen LogP contribution in [0.4, 0.5) is 11.4 Å². The number of fused-ring (bicyclic) bond motifs is 2. The molecule has 0 aromatic heterocycles. The van der Waals surface area contributed by atoms with E-state index in [2.05, 4.69) is 11.4 Å². The Balaban J connectivity index is 1.44. The molecule has 2 aliphatic rings. The molecule has 37 heavy (non-hydrogen) atoms. The van der Waals surface area contributed by atoms with Gasteiger partial charge in [0.2, 0.25) is 5.91 Å². The molecule has 1 N–H and O–H groups in total. The Hall–Kier alpha value is -3.80. The van der Waals surface area contributed by atoms with Gasteiger partial charge in [-0.25, -0.2) is 0 Å². The molecule has 1 aliphatic carbocycles. The van der Waals surface area contributed by atoms with E-state index in [-0.39, 0.29) is 11.8 Å². The number of methoxy groups -OCH3 is 1. The lowest BCUT2D eigenvalue weighted by Gasteiger charge is -2.32. The highest BCUT2D eigenvalue weighted by Gasteiger charge is 2.51. The zero-order valence-electron chi connectivity index (χ0n) is 21.8. The maximum Gasteiger partial charge on any atom is 0.255 e. The number of hydrogen-bond acceptors (Lipinski definition) is 4. The van der Waals surface area contributed by atoms with Gasteiger partial charge in [0.15, 0.2) is 0 Å². The lowest BCUT2D eigenvalue weighted by Crippen LogP contribution is -2.41. The van der Waals surface area contributed by atoms with E-state index in [1.54, 1.807) is 19.2 Å². The first-order valence-corrected chi connectivity index (χ1v) is 13.1. The van der Waals surface area contributed by atoms with E-state index in [1.807, 2.05) is 61.2 Å². The molecule has 6 heteroatoms. The van der Waals surface area contributed by atoms with E-state index in [9.17, 15) is 9.59 Å².